The van der Waals surface area contributed by atoms with Crippen LogP contribution in [0.25, 0.3) is 10.9 Å². The first kappa shape index (κ1) is 16.8. The zero-order chi connectivity index (χ0) is 18.6. The van der Waals surface area contributed by atoms with Gasteiger partial charge in [-0.15, -0.1) is 0 Å². The number of rotatable bonds is 6. The minimum atomic E-state index is -0.180. The maximum absolute atomic E-state index is 12.4. The molecular formula is C19H17N5O3. The van der Waals surface area contributed by atoms with Crippen molar-refractivity contribution in [3.05, 3.63) is 71.5 Å². The van der Waals surface area contributed by atoms with Crippen molar-refractivity contribution in [2.45, 2.75) is 20.1 Å². The predicted octanol–water partition coefficient (Wildman–Crippen LogP) is 2.76. The van der Waals surface area contributed by atoms with Crippen molar-refractivity contribution in [2.75, 3.05) is 0 Å². The first-order chi connectivity index (χ1) is 13.2. The molecule has 27 heavy (non-hydrogen) atoms. The summed E-state index contributed by atoms with van der Waals surface area (Å²) in [7, 11) is 0. The first-order valence-corrected chi connectivity index (χ1v) is 8.39. The summed E-state index contributed by atoms with van der Waals surface area (Å²) in [5.41, 5.74) is 2.44. The Labute approximate surface area is 154 Å². The molecule has 2 aromatic heterocycles. The number of benzene rings is 2. The van der Waals surface area contributed by atoms with Gasteiger partial charge in [0.1, 0.15) is 5.75 Å². The lowest BCUT2D eigenvalue weighted by Crippen LogP contribution is -2.22. The molecule has 0 atom stereocenters. The third-order valence-electron chi connectivity index (χ3n) is 3.99. The zero-order valence-corrected chi connectivity index (χ0v) is 14.6. The Morgan fingerprint density at radius 3 is 3.04 bits per heavy atom. The summed E-state index contributed by atoms with van der Waals surface area (Å²) in [5.74, 6) is 1.32. The number of carbonyl (C=O) groups excluding carboxylic acids is 1. The second-order valence-corrected chi connectivity index (χ2v) is 6.02. The van der Waals surface area contributed by atoms with E-state index in [2.05, 4.69) is 25.7 Å². The monoisotopic (exact) mass is 363 g/mol. The molecule has 4 aromatic rings. The van der Waals surface area contributed by atoms with E-state index in [1.54, 1.807) is 37.4 Å². The normalized spacial score (nSPS) is 10.9. The van der Waals surface area contributed by atoms with Crippen LogP contribution in [0.4, 0.5) is 0 Å². The van der Waals surface area contributed by atoms with E-state index in [4.69, 9.17) is 9.26 Å². The number of ether oxygens (including phenoxy) is 1. The number of amides is 1. The Balaban J connectivity index is 1.37. The fourth-order valence-corrected chi connectivity index (χ4v) is 2.65. The zero-order valence-electron chi connectivity index (χ0n) is 14.6. The number of nitrogens with zero attached hydrogens (tertiary/aromatic N) is 3. The van der Waals surface area contributed by atoms with Gasteiger partial charge in [0.05, 0.1) is 11.7 Å². The number of nitrogens with one attached hydrogen (secondary N) is 2. The molecule has 0 aliphatic heterocycles. The maximum atomic E-state index is 12.4. The molecule has 0 aliphatic carbocycles. The summed E-state index contributed by atoms with van der Waals surface area (Å²) in [5, 5.41) is 14.6. The smallest absolute Gasteiger partial charge is 0.251 e. The average Bonchev–Trinajstić information content (AvgIpc) is 3.32. The standard InChI is InChI=1S/C19H17N5O3/c1-12-22-18(24-27-12)11-26-16-4-2-3-14(8-16)19(25)20-9-13-5-6-15-10-21-23-17(15)7-13/h2-8,10H,9,11H2,1H3,(H,20,25)(H,21,23). The van der Waals surface area contributed by atoms with Crippen LogP contribution in [0.2, 0.25) is 0 Å². The van der Waals surface area contributed by atoms with Crippen LogP contribution in [-0.2, 0) is 13.2 Å². The quantitative estimate of drug-likeness (QED) is 0.546. The van der Waals surface area contributed by atoms with Gasteiger partial charge in [-0.25, -0.2) is 0 Å². The molecule has 8 nitrogen and oxygen atoms in total. The van der Waals surface area contributed by atoms with Crippen LogP contribution < -0.4 is 10.1 Å². The second-order valence-electron chi connectivity index (χ2n) is 6.02. The summed E-state index contributed by atoms with van der Waals surface area (Å²) in [6, 6.07) is 12.9. The van der Waals surface area contributed by atoms with E-state index < -0.39 is 0 Å². The lowest BCUT2D eigenvalue weighted by molar-refractivity contribution is 0.0950. The Bertz CT molecular complexity index is 1090. The Hall–Kier alpha value is -3.68. The van der Waals surface area contributed by atoms with E-state index >= 15 is 0 Å². The van der Waals surface area contributed by atoms with E-state index in [-0.39, 0.29) is 12.5 Å². The van der Waals surface area contributed by atoms with Gasteiger partial charge >= 0.3 is 0 Å². The molecular weight excluding hydrogens is 346 g/mol. The van der Waals surface area contributed by atoms with Crippen molar-refractivity contribution in [1.82, 2.24) is 25.7 Å². The second kappa shape index (κ2) is 7.28. The van der Waals surface area contributed by atoms with Crippen LogP contribution in [0.1, 0.15) is 27.6 Å². The van der Waals surface area contributed by atoms with Crippen LogP contribution in [0.5, 0.6) is 5.75 Å². The van der Waals surface area contributed by atoms with Gasteiger partial charge in [-0.2, -0.15) is 10.1 Å². The Kier molecular flexibility index (Phi) is 4.52. The van der Waals surface area contributed by atoms with Crippen molar-refractivity contribution in [1.29, 1.82) is 0 Å². The largest absolute Gasteiger partial charge is 0.485 e. The summed E-state index contributed by atoms with van der Waals surface area (Å²) in [6.07, 6.45) is 1.76. The average molecular weight is 363 g/mol. The van der Waals surface area contributed by atoms with Gasteiger partial charge in [-0.1, -0.05) is 23.4 Å². The summed E-state index contributed by atoms with van der Waals surface area (Å²) >= 11 is 0. The molecule has 0 bridgehead atoms. The maximum Gasteiger partial charge on any atom is 0.251 e. The van der Waals surface area contributed by atoms with Crippen molar-refractivity contribution in [3.63, 3.8) is 0 Å². The molecule has 2 N–H and O–H groups in total. The lowest BCUT2D eigenvalue weighted by Gasteiger charge is -2.08. The third-order valence-corrected chi connectivity index (χ3v) is 3.99. The van der Waals surface area contributed by atoms with E-state index in [0.717, 1.165) is 16.5 Å². The number of aryl methyl sites for hydroxylation is 1. The summed E-state index contributed by atoms with van der Waals surface area (Å²) in [4.78, 5) is 16.5. The summed E-state index contributed by atoms with van der Waals surface area (Å²) < 4.78 is 10.5. The first-order valence-electron chi connectivity index (χ1n) is 8.39. The molecule has 0 saturated heterocycles. The van der Waals surface area contributed by atoms with Gasteiger partial charge in [0.2, 0.25) is 11.7 Å². The van der Waals surface area contributed by atoms with Crippen molar-refractivity contribution in [2.24, 2.45) is 0 Å². The number of H-pyrrole nitrogens is 1. The Morgan fingerprint density at radius 2 is 2.19 bits per heavy atom. The van der Waals surface area contributed by atoms with E-state index in [1.807, 2.05) is 18.2 Å². The van der Waals surface area contributed by atoms with Crippen LogP contribution in [0.15, 0.2) is 53.2 Å². The van der Waals surface area contributed by atoms with Gasteiger partial charge in [0.15, 0.2) is 6.61 Å². The minimum absolute atomic E-state index is 0.173. The van der Waals surface area contributed by atoms with Crippen LogP contribution in [0.3, 0.4) is 0 Å². The van der Waals surface area contributed by atoms with Crippen molar-refractivity contribution < 1.29 is 14.1 Å². The predicted molar refractivity (Wildman–Crippen MR) is 97.1 cm³/mol. The summed E-state index contributed by atoms with van der Waals surface area (Å²) in [6.45, 7) is 2.30. The fourth-order valence-electron chi connectivity index (χ4n) is 2.65. The molecule has 4 rings (SSSR count). The highest BCUT2D eigenvalue weighted by atomic mass is 16.5. The number of aromatic nitrogens is 4. The van der Waals surface area contributed by atoms with Gasteiger partial charge in [-0.05, 0) is 29.8 Å². The van der Waals surface area contributed by atoms with Gasteiger partial charge in [-0.3, -0.25) is 9.89 Å². The number of hydrogen-bond acceptors (Lipinski definition) is 6. The van der Waals surface area contributed by atoms with E-state index in [1.165, 1.54) is 0 Å². The number of fused-ring (bicyclic) bond motifs is 1. The number of carbonyl (C=O) groups is 1. The SMILES string of the molecule is Cc1nc(COc2cccc(C(=O)NCc3ccc4cn[nH]c4c3)c2)no1. The molecule has 2 aromatic carbocycles. The number of aromatic amines is 1. The van der Waals surface area contributed by atoms with E-state index in [0.29, 0.717) is 29.6 Å². The minimum Gasteiger partial charge on any atom is -0.485 e. The van der Waals surface area contributed by atoms with Gasteiger partial charge < -0.3 is 14.6 Å². The third kappa shape index (κ3) is 3.95. The molecule has 0 aliphatic rings. The van der Waals surface area contributed by atoms with Gasteiger partial charge in [0.25, 0.3) is 5.91 Å². The molecule has 0 radical (unpaired) electrons. The van der Waals surface area contributed by atoms with Crippen LogP contribution in [0, 0.1) is 6.92 Å². The fraction of sp³-hybridized carbons (Fsp3) is 0.158. The van der Waals surface area contributed by atoms with Gasteiger partial charge in [0, 0.05) is 24.4 Å². The van der Waals surface area contributed by atoms with Crippen LogP contribution in [-0.4, -0.2) is 26.2 Å². The molecule has 0 spiro atoms. The molecule has 0 unspecified atom stereocenters. The van der Waals surface area contributed by atoms with Crippen molar-refractivity contribution in [3.8, 4) is 5.75 Å². The highest BCUT2D eigenvalue weighted by molar-refractivity contribution is 5.94. The van der Waals surface area contributed by atoms with Crippen LogP contribution >= 0.6 is 0 Å². The lowest BCUT2D eigenvalue weighted by atomic mass is 10.1. The molecule has 1 amide bonds. The molecule has 136 valence electrons. The van der Waals surface area contributed by atoms with E-state index in [9.17, 15) is 4.79 Å². The van der Waals surface area contributed by atoms with Crippen molar-refractivity contribution >= 4 is 16.8 Å². The molecule has 0 fully saturated rings. The highest BCUT2D eigenvalue weighted by Gasteiger charge is 2.09. The Morgan fingerprint density at radius 1 is 1.26 bits per heavy atom. The number of hydrogen-bond donors (Lipinski definition) is 2. The molecule has 8 heteroatoms. The highest BCUT2D eigenvalue weighted by Crippen LogP contribution is 2.16. The molecule has 2 heterocycles. The topological polar surface area (TPSA) is 106 Å². The molecule has 0 saturated carbocycles.